The molecule has 1 aliphatic rings. The van der Waals surface area contributed by atoms with Gasteiger partial charge in [0.05, 0.1) is 0 Å². The predicted octanol–water partition coefficient (Wildman–Crippen LogP) is 0.545. The third-order valence-electron chi connectivity index (χ3n) is 2.94. The van der Waals surface area contributed by atoms with Gasteiger partial charge in [-0.25, -0.2) is 8.37 Å². The molecule has 1 aromatic rings. The molecule has 0 radical (unpaired) electrons. The van der Waals surface area contributed by atoms with Crippen LogP contribution < -0.4 is 5.32 Å². The molecule has 0 spiro atoms. The van der Waals surface area contributed by atoms with E-state index >= 15 is 0 Å². The fourth-order valence-corrected chi connectivity index (χ4v) is 2.85. The Morgan fingerprint density at radius 3 is 2.60 bits per heavy atom. The highest BCUT2D eigenvalue weighted by atomic mass is 32.3. The van der Waals surface area contributed by atoms with Crippen molar-refractivity contribution in [2.45, 2.75) is 31.8 Å². The summed E-state index contributed by atoms with van der Waals surface area (Å²) in [5.41, 5.74) is 0.172. The zero-order chi connectivity index (χ0) is 14.8. The van der Waals surface area contributed by atoms with Crippen molar-refractivity contribution in [2.24, 2.45) is 0 Å². The Morgan fingerprint density at radius 1 is 1.35 bits per heavy atom. The fourth-order valence-electron chi connectivity index (χ4n) is 1.88. The number of hydrogen-bond donors (Lipinski definition) is 3. The second-order valence-electron chi connectivity index (χ2n) is 4.52. The van der Waals surface area contributed by atoms with E-state index in [0.29, 0.717) is 6.54 Å². The molecule has 112 valence electrons. The molecule has 0 aliphatic carbocycles. The van der Waals surface area contributed by atoms with E-state index < -0.39 is 22.4 Å². The lowest BCUT2D eigenvalue weighted by Crippen LogP contribution is -2.46. The maximum atomic E-state index is 11.4. The quantitative estimate of drug-likeness (QED) is 0.682. The topological polar surface area (TPSA) is 105 Å². The van der Waals surface area contributed by atoms with Crippen LogP contribution in [0.5, 0.6) is 5.75 Å². The monoisotopic (exact) mass is 303 g/mol. The summed E-state index contributed by atoms with van der Waals surface area (Å²) in [6, 6.07) is 5.39. The van der Waals surface area contributed by atoms with Gasteiger partial charge in [-0.3, -0.25) is 5.32 Å². The minimum atomic E-state index is -4.27. The first-order chi connectivity index (χ1) is 9.37. The van der Waals surface area contributed by atoms with Crippen LogP contribution in [0.25, 0.3) is 0 Å². The zero-order valence-corrected chi connectivity index (χ0v) is 11.8. The number of phenolic OH excluding ortho intramolecular Hbond substituents is 1. The smallest absolute Gasteiger partial charge is 0.404 e. The van der Waals surface area contributed by atoms with Crippen molar-refractivity contribution in [3.63, 3.8) is 0 Å². The zero-order valence-electron chi connectivity index (χ0n) is 10.9. The maximum absolute atomic E-state index is 11.4. The lowest BCUT2D eigenvalue weighted by Gasteiger charge is -2.25. The summed E-state index contributed by atoms with van der Waals surface area (Å²) in [6.07, 6.45) is 0.472. The van der Waals surface area contributed by atoms with Gasteiger partial charge in [0.25, 0.3) is 5.79 Å². The van der Waals surface area contributed by atoms with Crippen LogP contribution in [0.4, 0.5) is 0 Å². The summed E-state index contributed by atoms with van der Waals surface area (Å²) in [7, 11) is -4.27. The van der Waals surface area contributed by atoms with Gasteiger partial charge in [-0.05, 0) is 37.2 Å². The Balaban J connectivity index is 2.26. The first-order valence-electron chi connectivity index (χ1n) is 6.26. The van der Waals surface area contributed by atoms with Gasteiger partial charge >= 0.3 is 10.4 Å². The third kappa shape index (κ3) is 3.10. The largest absolute Gasteiger partial charge is 0.508 e. The molecular formula is C12H17NO6S. The second-order valence-corrected chi connectivity index (χ2v) is 5.69. The fraction of sp³-hybridized carbons (Fsp3) is 0.500. The molecule has 20 heavy (non-hydrogen) atoms. The summed E-state index contributed by atoms with van der Waals surface area (Å²) in [5.74, 6) is -2.16. The lowest BCUT2D eigenvalue weighted by atomic mass is 10.0. The second kappa shape index (κ2) is 5.66. The molecule has 0 aromatic heterocycles. The number of hydrogen-bond acceptors (Lipinski definition) is 7. The van der Waals surface area contributed by atoms with Crippen LogP contribution in [0.3, 0.4) is 0 Å². The van der Waals surface area contributed by atoms with Crippen LogP contribution in [0.15, 0.2) is 24.3 Å². The average molecular weight is 303 g/mol. The van der Waals surface area contributed by atoms with Gasteiger partial charge in [-0.1, -0.05) is 13.3 Å². The molecule has 2 rings (SSSR count). The summed E-state index contributed by atoms with van der Waals surface area (Å²) < 4.78 is 32.3. The Hall–Kier alpha value is -1.19. The Morgan fingerprint density at radius 2 is 2.00 bits per heavy atom. The highest BCUT2D eigenvalue weighted by Gasteiger charge is 2.53. The van der Waals surface area contributed by atoms with Crippen LogP contribution >= 0.6 is 0 Å². The van der Waals surface area contributed by atoms with Crippen LogP contribution in [0.1, 0.15) is 25.3 Å². The lowest BCUT2D eigenvalue weighted by molar-refractivity contribution is -0.172. The third-order valence-corrected chi connectivity index (χ3v) is 3.83. The molecule has 1 fully saturated rings. The van der Waals surface area contributed by atoms with Crippen molar-refractivity contribution in [2.75, 3.05) is 6.54 Å². The van der Waals surface area contributed by atoms with Crippen LogP contribution in [0.2, 0.25) is 0 Å². The SMILES string of the molecule is CCCCNC1OS(=O)(=O)OC1(O)c1ccc(O)cc1. The molecule has 2 unspecified atom stereocenters. The van der Waals surface area contributed by atoms with Gasteiger partial charge in [0.15, 0.2) is 6.23 Å². The van der Waals surface area contributed by atoms with Gasteiger partial charge in [-0.15, -0.1) is 0 Å². The van der Waals surface area contributed by atoms with E-state index in [4.69, 9.17) is 4.18 Å². The van der Waals surface area contributed by atoms with Gasteiger partial charge < -0.3 is 10.2 Å². The molecule has 0 bridgehead atoms. The molecule has 8 heteroatoms. The van der Waals surface area contributed by atoms with E-state index in [9.17, 15) is 18.6 Å². The minimum absolute atomic E-state index is 0.00499. The number of nitrogens with one attached hydrogen (secondary N) is 1. The van der Waals surface area contributed by atoms with Crippen LogP contribution in [0, 0.1) is 0 Å². The van der Waals surface area contributed by atoms with Gasteiger partial charge in [0.2, 0.25) is 0 Å². The number of phenols is 1. The predicted molar refractivity (Wildman–Crippen MR) is 69.8 cm³/mol. The molecule has 1 aliphatic heterocycles. The summed E-state index contributed by atoms with van der Waals surface area (Å²) in [4.78, 5) is 0. The van der Waals surface area contributed by atoms with Crippen LogP contribution in [-0.4, -0.2) is 31.4 Å². The van der Waals surface area contributed by atoms with E-state index in [-0.39, 0.29) is 11.3 Å². The summed E-state index contributed by atoms with van der Waals surface area (Å²) >= 11 is 0. The van der Waals surface area contributed by atoms with Gasteiger partial charge in [0.1, 0.15) is 5.75 Å². The Kier molecular flexibility index (Phi) is 4.31. The van der Waals surface area contributed by atoms with E-state index in [1.54, 1.807) is 0 Å². The standard InChI is InChI=1S/C12H17NO6S/c1-2-3-8-13-11-12(15,19-20(16,17)18-11)9-4-6-10(14)7-5-9/h4-7,11,13-15H,2-3,8H2,1H3. The molecule has 3 N–H and O–H groups in total. The molecule has 2 atom stereocenters. The molecule has 1 aromatic carbocycles. The average Bonchev–Trinajstić information content (AvgIpc) is 2.61. The van der Waals surface area contributed by atoms with Crippen molar-refractivity contribution >= 4 is 10.4 Å². The Bertz CT molecular complexity index is 558. The van der Waals surface area contributed by atoms with E-state index in [0.717, 1.165) is 12.8 Å². The molecule has 7 nitrogen and oxygen atoms in total. The van der Waals surface area contributed by atoms with E-state index in [1.165, 1.54) is 24.3 Å². The number of rotatable bonds is 5. The van der Waals surface area contributed by atoms with E-state index in [1.807, 2.05) is 6.92 Å². The normalized spacial score (nSPS) is 28.6. The number of aliphatic hydroxyl groups is 1. The first kappa shape index (κ1) is 15.2. The number of aromatic hydroxyl groups is 1. The molecule has 1 heterocycles. The van der Waals surface area contributed by atoms with Crippen LogP contribution in [-0.2, 0) is 24.6 Å². The first-order valence-corrected chi connectivity index (χ1v) is 7.60. The highest BCUT2D eigenvalue weighted by Crippen LogP contribution is 2.37. The Labute approximate surface area is 117 Å². The van der Waals surface area contributed by atoms with Gasteiger partial charge in [0, 0.05) is 5.56 Å². The van der Waals surface area contributed by atoms with Gasteiger partial charge in [-0.2, -0.15) is 8.42 Å². The van der Waals surface area contributed by atoms with Crippen molar-refractivity contribution < 1.29 is 27.0 Å². The molecule has 0 saturated carbocycles. The molecular weight excluding hydrogens is 286 g/mol. The summed E-state index contributed by atoms with van der Waals surface area (Å²) in [5, 5.41) is 22.5. The van der Waals surface area contributed by atoms with Crippen molar-refractivity contribution in [1.29, 1.82) is 0 Å². The number of unbranched alkanes of at least 4 members (excludes halogenated alkanes) is 1. The molecule has 1 saturated heterocycles. The van der Waals surface area contributed by atoms with Crippen molar-refractivity contribution in [1.82, 2.24) is 5.32 Å². The van der Waals surface area contributed by atoms with Crippen molar-refractivity contribution in [3.8, 4) is 5.75 Å². The molecule has 0 amide bonds. The maximum Gasteiger partial charge on any atom is 0.404 e. The van der Waals surface area contributed by atoms with Crippen molar-refractivity contribution in [3.05, 3.63) is 29.8 Å². The minimum Gasteiger partial charge on any atom is -0.508 e. The number of benzene rings is 1. The van der Waals surface area contributed by atoms with E-state index in [2.05, 4.69) is 9.50 Å². The highest BCUT2D eigenvalue weighted by molar-refractivity contribution is 7.82. The summed E-state index contributed by atoms with van der Waals surface area (Å²) in [6.45, 7) is 2.46.